The average molecular weight is 342 g/mol. The molecule has 4 saturated heterocycles. The summed E-state index contributed by atoms with van der Waals surface area (Å²) in [7, 11) is 0. The molecule has 4 aliphatic heterocycles. The average Bonchev–Trinajstić information content (AvgIpc) is 3.08. The Bertz CT molecular complexity index is 776. The maximum absolute atomic E-state index is 14.5. The lowest BCUT2D eigenvalue weighted by Gasteiger charge is -2.51. The van der Waals surface area contributed by atoms with Crippen LogP contribution in [0.1, 0.15) is 24.3 Å². The molecule has 0 radical (unpaired) electrons. The number of aromatic nitrogens is 2. The first-order valence-corrected chi connectivity index (χ1v) is 8.94. The summed E-state index contributed by atoms with van der Waals surface area (Å²) >= 11 is 0. The highest BCUT2D eigenvalue weighted by atomic mass is 19.2. The van der Waals surface area contributed by atoms with Crippen LogP contribution in [0.25, 0.3) is 0 Å². The van der Waals surface area contributed by atoms with Crippen molar-refractivity contribution >= 4 is 5.82 Å². The first kappa shape index (κ1) is 15.2. The Kier molecular flexibility index (Phi) is 3.48. The molecule has 1 aromatic carbocycles. The third-order valence-corrected chi connectivity index (χ3v) is 6.22. The summed E-state index contributed by atoms with van der Waals surface area (Å²) in [6.45, 7) is 2.75. The van der Waals surface area contributed by atoms with Gasteiger partial charge in [0, 0.05) is 36.9 Å². The van der Waals surface area contributed by atoms with Crippen molar-refractivity contribution in [3.8, 4) is 0 Å². The fraction of sp³-hybridized carbons (Fsp3) is 0.474. The van der Waals surface area contributed by atoms with Gasteiger partial charge in [-0.2, -0.15) is 0 Å². The third-order valence-electron chi connectivity index (χ3n) is 6.22. The summed E-state index contributed by atoms with van der Waals surface area (Å²) in [6.07, 6.45) is 7.46. The number of piperidine rings is 3. The van der Waals surface area contributed by atoms with Gasteiger partial charge in [-0.15, -0.1) is 0 Å². The number of hydrogen-bond donors (Lipinski definition) is 0. The molecule has 130 valence electrons. The van der Waals surface area contributed by atoms with Gasteiger partial charge in [-0.3, -0.25) is 9.88 Å². The van der Waals surface area contributed by atoms with Crippen LogP contribution in [-0.4, -0.2) is 46.6 Å². The predicted molar refractivity (Wildman–Crippen MR) is 90.4 cm³/mol. The van der Waals surface area contributed by atoms with Crippen LogP contribution in [0.15, 0.2) is 36.8 Å². The minimum Gasteiger partial charge on any atom is -0.350 e. The molecule has 4 fully saturated rings. The number of nitrogens with zero attached hydrogens (tertiary/aromatic N) is 4. The quantitative estimate of drug-likeness (QED) is 0.840. The second-order valence-electron chi connectivity index (χ2n) is 7.32. The van der Waals surface area contributed by atoms with Crippen LogP contribution in [0.5, 0.6) is 0 Å². The van der Waals surface area contributed by atoms with Crippen molar-refractivity contribution in [3.63, 3.8) is 0 Å². The lowest BCUT2D eigenvalue weighted by molar-refractivity contribution is 0.0349. The molecular weight excluding hydrogens is 322 g/mol. The van der Waals surface area contributed by atoms with E-state index in [1.165, 1.54) is 6.07 Å². The number of fused-ring (bicyclic) bond motifs is 2. The zero-order valence-corrected chi connectivity index (χ0v) is 13.9. The summed E-state index contributed by atoms with van der Waals surface area (Å²) in [5, 5.41) is 0. The molecule has 4 aliphatic rings. The van der Waals surface area contributed by atoms with Crippen molar-refractivity contribution in [2.45, 2.75) is 30.8 Å². The molecule has 5 heterocycles. The topological polar surface area (TPSA) is 32.3 Å². The zero-order chi connectivity index (χ0) is 17.0. The van der Waals surface area contributed by atoms with Crippen LogP contribution >= 0.6 is 0 Å². The number of benzene rings is 1. The van der Waals surface area contributed by atoms with Crippen molar-refractivity contribution in [1.82, 2.24) is 14.9 Å². The Morgan fingerprint density at radius 1 is 1.04 bits per heavy atom. The SMILES string of the molecule is Fc1cccc([C@H]2CN(c3cnccn3)[C@@H]3C4CCN(CC4)[C@H]23)c1F. The maximum atomic E-state index is 14.5. The number of hydrogen-bond acceptors (Lipinski definition) is 4. The molecule has 0 unspecified atom stereocenters. The number of anilines is 1. The Morgan fingerprint density at radius 2 is 1.88 bits per heavy atom. The van der Waals surface area contributed by atoms with Crippen molar-refractivity contribution in [2.75, 3.05) is 24.5 Å². The fourth-order valence-electron chi connectivity index (χ4n) is 5.20. The van der Waals surface area contributed by atoms with E-state index in [0.29, 0.717) is 24.1 Å². The molecule has 0 aliphatic carbocycles. The summed E-state index contributed by atoms with van der Waals surface area (Å²) in [5.41, 5.74) is 0.494. The van der Waals surface area contributed by atoms with E-state index in [-0.39, 0.29) is 12.0 Å². The van der Waals surface area contributed by atoms with E-state index in [2.05, 4.69) is 19.8 Å². The fourth-order valence-corrected chi connectivity index (χ4v) is 5.20. The summed E-state index contributed by atoms with van der Waals surface area (Å²) < 4.78 is 28.4. The van der Waals surface area contributed by atoms with E-state index in [4.69, 9.17) is 0 Å². The second kappa shape index (κ2) is 5.73. The van der Waals surface area contributed by atoms with E-state index >= 15 is 0 Å². The monoisotopic (exact) mass is 342 g/mol. The molecule has 2 aromatic rings. The molecule has 6 heteroatoms. The Hall–Kier alpha value is -2.08. The van der Waals surface area contributed by atoms with Gasteiger partial charge < -0.3 is 4.90 Å². The van der Waals surface area contributed by atoms with Gasteiger partial charge in [0.05, 0.1) is 6.20 Å². The molecular formula is C19H20F2N4. The molecule has 0 spiro atoms. The molecule has 25 heavy (non-hydrogen) atoms. The maximum Gasteiger partial charge on any atom is 0.162 e. The highest BCUT2D eigenvalue weighted by molar-refractivity contribution is 5.45. The zero-order valence-electron chi connectivity index (χ0n) is 13.9. The van der Waals surface area contributed by atoms with E-state index in [1.54, 1.807) is 30.7 Å². The second-order valence-corrected chi connectivity index (χ2v) is 7.32. The van der Waals surface area contributed by atoms with Crippen LogP contribution in [0.3, 0.4) is 0 Å². The lowest BCUT2D eigenvalue weighted by Crippen LogP contribution is -2.60. The minimum atomic E-state index is -0.761. The molecule has 2 bridgehead atoms. The molecule has 0 saturated carbocycles. The highest BCUT2D eigenvalue weighted by Crippen LogP contribution is 2.48. The first-order chi connectivity index (χ1) is 12.2. The summed E-state index contributed by atoms with van der Waals surface area (Å²) in [6, 6.07) is 5.06. The molecule has 4 nitrogen and oxygen atoms in total. The largest absolute Gasteiger partial charge is 0.350 e. The Balaban J connectivity index is 1.59. The molecule has 3 atom stereocenters. The van der Waals surface area contributed by atoms with Crippen molar-refractivity contribution in [1.29, 1.82) is 0 Å². The molecule has 0 amide bonds. The van der Waals surface area contributed by atoms with Gasteiger partial charge in [-0.25, -0.2) is 13.8 Å². The Labute approximate surface area is 145 Å². The molecule has 6 rings (SSSR count). The van der Waals surface area contributed by atoms with E-state index in [9.17, 15) is 8.78 Å². The van der Waals surface area contributed by atoms with E-state index in [1.807, 2.05) is 0 Å². The highest BCUT2D eigenvalue weighted by Gasteiger charge is 2.54. The summed E-state index contributed by atoms with van der Waals surface area (Å²) in [5.74, 6) is -0.0899. The van der Waals surface area contributed by atoms with Gasteiger partial charge >= 0.3 is 0 Å². The van der Waals surface area contributed by atoms with Gasteiger partial charge in [0.2, 0.25) is 0 Å². The minimum absolute atomic E-state index is 0.0502. The van der Waals surface area contributed by atoms with Crippen LogP contribution in [0, 0.1) is 17.6 Å². The number of halogens is 2. The van der Waals surface area contributed by atoms with Gasteiger partial charge in [0.1, 0.15) is 5.82 Å². The standard InChI is InChI=1S/C19H20F2N4/c20-15-3-1-2-13(17(15)21)14-11-25(16-10-22-6-7-23-16)18-12-4-8-24(9-5-12)19(14)18/h1-3,6-7,10,12,14,18-19H,4-5,8-9,11H2/t14-,18-,19-/m1/s1. The summed E-state index contributed by atoms with van der Waals surface area (Å²) in [4.78, 5) is 13.4. The molecule has 0 N–H and O–H groups in total. The van der Waals surface area contributed by atoms with Gasteiger partial charge in [-0.1, -0.05) is 12.1 Å². The van der Waals surface area contributed by atoms with Crippen LogP contribution < -0.4 is 4.90 Å². The normalized spacial score (nSPS) is 33.5. The molecule has 1 aromatic heterocycles. The van der Waals surface area contributed by atoms with Gasteiger partial charge in [-0.05, 0) is 43.5 Å². The third kappa shape index (κ3) is 2.27. The van der Waals surface area contributed by atoms with Crippen LogP contribution in [0.2, 0.25) is 0 Å². The Morgan fingerprint density at radius 3 is 2.64 bits per heavy atom. The van der Waals surface area contributed by atoms with Crippen LogP contribution in [0.4, 0.5) is 14.6 Å². The van der Waals surface area contributed by atoms with Crippen molar-refractivity contribution < 1.29 is 8.78 Å². The lowest BCUT2D eigenvalue weighted by atomic mass is 9.75. The predicted octanol–water partition coefficient (Wildman–Crippen LogP) is 2.82. The number of rotatable bonds is 2. The van der Waals surface area contributed by atoms with Crippen molar-refractivity contribution in [2.24, 2.45) is 5.92 Å². The van der Waals surface area contributed by atoms with Crippen molar-refractivity contribution in [3.05, 3.63) is 54.0 Å². The smallest absolute Gasteiger partial charge is 0.162 e. The van der Waals surface area contributed by atoms with E-state index < -0.39 is 11.6 Å². The first-order valence-electron chi connectivity index (χ1n) is 8.94. The van der Waals surface area contributed by atoms with Crippen LogP contribution in [-0.2, 0) is 0 Å². The van der Waals surface area contributed by atoms with E-state index in [0.717, 1.165) is 31.7 Å². The van der Waals surface area contributed by atoms with Gasteiger partial charge in [0.25, 0.3) is 0 Å². The van der Waals surface area contributed by atoms with Gasteiger partial charge in [0.15, 0.2) is 11.6 Å².